The van der Waals surface area contributed by atoms with Crippen LogP contribution < -0.4 is 4.90 Å². The van der Waals surface area contributed by atoms with Crippen molar-refractivity contribution in [3.63, 3.8) is 0 Å². The summed E-state index contributed by atoms with van der Waals surface area (Å²) in [5.41, 5.74) is 3.00. The maximum atomic E-state index is 13.3. The highest BCUT2D eigenvalue weighted by atomic mass is 19.1. The average Bonchev–Trinajstić information content (AvgIpc) is 3.17. The first kappa shape index (κ1) is 20.6. The van der Waals surface area contributed by atoms with Gasteiger partial charge in [0.25, 0.3) is 5.91 Å². The van der Waals surface area contributed by atoms with Gasteiger partial charge in [0.2, 0.25) is 5.91 Å². The number of amides is 2. The number of fused-ring (bicyclic) bond motifs is 1. The predicted octanol–water partition coefficient (Wildman–Crippen LogP) is 2.41. The Hall–Kier alpha value is -3.62. The van der Waals surface area contributed by atoms with E-state index in [4.69, 9.17) is 0 Å². The van der Waals surface area contributed by atoms with Crippen molar-refractivity contribution in [2.75, 3.05) is 11.9 Å². The van der Waals surface area contributed by atoms with E-state index in [1.54, 1.807) is 42.0 Å². The Morgan fingerprint density at radius 1 is 1.19 bits per heavy atom. The Morgan fingerprint density at radius 3 is 2.61 bits per heavy atom. The zero-order valence-electron chi connectivity index (χ0n) is 17.7. The third kappa shape index (κ3) is 4.30. The molecule has 31 heavy (non-hydrogen) atoms. The van der Waals surface area contributed by atoms with Crippen molar-refractivity contribution >= 4 is 17.6 Å². The lowest BCUT2D eigenvalue weighted by molar-refractivity contribution is -0.119. The molecule has 1 aliphatic rings. The fraction of sp³-hybridized carbons (Fsp3) is 0.318. The molecular weight excluding hydrogens is 399 g/mol. The van der Waals surface area contributed by atoms with Crippen LogP contribution >= 0.6 is 0 Å². The second kappa shape index (κ2) is 8.25. The first-order valence-corrected chi connectivity index (χ1v) is 9.97. The molecule has 0 radical (unpaired) electrons. The molecule has 0 bridgehead atoms. The molecule has 0 N–H and O–H groups in total. The van der Waals surface area contributed by atoms with Gasteiger partial charge in [-0.25, -0.2) is 14.4 Å². The molecule has 2 amide bonds. The van der Waals surface area contributed by atoms with Gasteiger partial charge in [-0.1, -0.05) is 12.1 Å². The standard InChI is InChI=1S/C22H23FN6O2/c1-14-18-8-9-20(30)29(11-15-4-6-17(23)7-5-15)21(18)26-19(25-14)13-27(2)22(31)16-10-24-28(3)12-16/h4-7,10,12H,8-9,11,13H2,1-3H3. The van der Waals surface area contributed by atoms with Crippen LogP contribution in [0.1, 0.15) is 39.4 Å². The van der Waals surface area contributed by atoms with Crippen LogP contribution in [0.25, 0.3) is 0 Å². The molecule has 0 fully saturated rings. The van der Waals surface area contributed by atoms with E-state index in [1.165, 1.54) is 23.2 Å². The fourth-order valence-electron chi connectivity index (χ4n) is 3.68. The Kier molecular flexibility index (Phi) is 5.50. The summed E-state index contributed by atoms with van der Waals surface area (Å²) in [5.74, 6) is 0.461. The molecule has 160 valence electrons. The van der Waals surface area contributed by atoms with E-state index >= 15 is 0 Å². The van der Waals surface area contributed by atoms with Gasteiger partial charge in [-0.15, -0.1) is 0 Å². The first-order chi connectivity index (χ1) is 14.8. The summed E-state index contributed by atoms with van der Waals surface area (Å²) >= 11 is 0. The van der Waals surface area contributed by atoms with Crippen LogP contribution in [-0.4, -0.2) is 43.5 Å². The zero-order valence-corrected chi connectivity index (χ0v) is 17.7. The monoisotopic (exact) mass is 422 g/mol. The summed E-state index contributed by atoms with van der Waals surface area (Å²) in [6, 6.07) is 6.07. The summed E-state index contributed by atoms with van der Waals surface area (Å²) in [6.45, 7) is 2.38. The summed E-state index contributed by atoms with van der Waals surface area (Å²) in [5, 5.41) is 4.03. The third-order valence-electron chi connectivity index (χ3n) is 5.32. The molecule has 1 aromatic carbocycles. The zero-order chi connectivity index (χ0) is 22.1. The van der Waals surface area contributed by atoms with E-state index in [-0.39, 0.29) is 24.2 Å². The highest BCUT2D eigenvalue weighted by Gasteiger charge is 2.28. The Morgan fingerprint density at radius 2 is 1.94 bits per heavy atom. The van der Waals surface area contributed by atoms with E-state index in [0.29, 0.717) is 36.6 Å². The van der Waals surface area contributed by atoms with Crippen LogP contribution in [0.3, 0.4) is 0 Å². The molecule has 8 nitrogen and oxygen atoms in total. The minimum absolute atomic E-state index is 0.0411. The van der Waals surface area contributed by atoms with Crippen LogP contribution in [0, 0.1) is 12.7 Å². The van der Waals surface area contributed by atoms with Gasteiger partial charge in [0.05, 0.1) is 24.8 Å². The van der Waals surface area contributed by atoms with Crippen molar-refractivity contribution in [2.45, 2.75) is 32.9 Å². The van der Waals surface area contributed by atoms with Crippen molar-refractivity contribution in [3.05, 3.63) is 70.7 Å². The molecule has 0 saturated heterocycles. The van der Waals surface area contributed by atoms with Crippen molar-refractivity contribution < 1.29 is 14.0 Å². The summed E-state index contributed by atoms with van der Waals surface area (Å²) in [4.78, 5) is 37.7. The lowest BCUT2D eigenvalue weighted by Gasteiger charge is -2.30. The normalized spacial score (nSPS) is 13.3. The van der Waals surface area contributed by atoms with Crippen molar-refractivity contribution in [1.29, 1.82) is 0 Å². The van der Waals surface area contributed by atoms with Crippen LogP contribution in [0.4, 0.5) is 10.2 Å². The van der Waals surface area contributed by atoms with Crippen molar-refractivity contribution in [3.8, 4) is 0 Å². The van der Waals surface area contributed by atoms with Gasteiger partial charge in [0.15, 0.2) is 0 Å². The van der Waals surface area contributed by atoms with Gasteiger partial charge in [-0.3, -0.25) is 19.2 Å². The first-order valence-electron chi connectivity index (χ1n) is 9.97. The minimum atomic E-state index is -0.323. The molecule has 3 aromatic rings. The number of carbonyl (C=O) groups is 2. The second-order valence-electron chi connectivity index (χ2n) is 7.70. The lowest BCUT2D eigenvalue weighted by Crippen LogP contribution is -2.36. The molecule has 0 saturated carbocycles. The van der Waals surface area contributed by atoms with Crippen LogP contribution in [0.5, 0.6) is 0 Å². The number of hydrogen-bond donors (Lipinski definition) is 0. The van der Waals surface area contributed by atoms with E-state index in [0.717, 1.165) is 16.8 Å². The molecular formula is C22H23FN6O2. The largest absolute Gasteiger partial charge is 0.334 e. The Balaban J connectivity index is 1.61. The van der Waals surface area contributed by atoms with Gasteiger partial charge in [0.1, 0.15) is 17.5 Å². The molecule has 2 aromatic heterocycles. The molecule has 9 heteroatoms. The highest BCUT2D eigenvalue weighted by molar-refractivity contribution is 5.95. The molecule has 0 spiro atoms. The van der Waals surface area contributed by atoms with Gasteiger partial charge >= 0.3 is 0 Å². The molecule has 0 atom stereocenters. The van der Waals surface area contributed by atoms with Crippen LogP contribution in [-0.2, 0) is 31.4 Å². The van der Waals surface area contributed by atoms with Gasteiger partial charge in [-0.05, 0) is 31.0 Å². The maximum absolute atomic E-state index is 13.3. The highest BCUT2D eigenvalue weighted by Crippen LogP contribution is 2.29. The lowest BCUT2D eigenvalue weighted by atomic mass is 10.0. The van der Waals surface area contributed by atoms with Crippen molar-refractivity contribution in [1.82, 2.24) is 24.6 Å². The molecule has 0 aliphatic carbocycles. The van der Waals surface area contributed by atoms with Crippen LogP contribution in [0.2, 0.25) is 0 Å². The summed E-state index contributed by atoms with van der Waals surface area (Å²) < 4.78 is 14.8. The number of aromatic nitrogens is 4. The number of anilines is 1. The predicted molar refractivity (Wildman–Crippen MR) is 112 cm³/mol. The molecule has 3 heterocycles. The smallest absolute Gasteiger partial charge is 0.257 e. The number of aryl methyl sites for hydroxylation is 2. The van der Waals surface area contributed by atoms with Gasteiger partial charge < -0.3 is 4.90 Å². The second-order valence-corrected chi connectivity index (χ2v) is 7.70. The number of halogens is 1. The van der Waals surface area contributed by atoms with Crippen LogP contribution in [0.15, 0.2) is 36.7 Å². The minimum Gasteiger partial charge on any atom is -0.334 e. The SMILES string of the molecule is Cc1nc(CN(C)C(=O)c2cnn(C)c2)nc2c1CCC(=O)N2Cc1ccc(F)cc1. The number of hydrogen-bond acceptors (Lipinski definition) is 5. The molecule has 0 unspecified atom stereocenters. The van der Waals surface area contributed by atoms with E-state index < -0.39 is 0 Å². The summed E-state index contributed by atoms with van der Waals surface area (Å²) in [6.07, 6.45) is 4.11. The maximum Gasteiger partial charge on any atom is 0.257 e. The molecule has 4 rings (SSSR count). The molecule has 1 aliphatic heterocycles. The Bertz CT molecular complexity index is 1140. The van der Waals surface area contributed by atoms with E-state index in [9.17, 15) is 14.0 Å². The fourth-order valence-corrected chi connectivity index (χ4v) is 3.68. The average molecular weight is 422 g/mol. The van der Waals surface area contributed by atoms with Gasteiger partial charge in [-0.2, -0.15) is 5.10 Å². The van der Waals surface area contributed by atoms with Gasteiger partial charge in [0, 0.05) is 38.0 Å². The third-order valence-corrected chi connectivity index (χ3v) is 5.32. The van der Waals surface area contributed by atoms with E-state index in [1.807, 2.05) is 6.92 Å². The number of rotatable bonds is 5. The summed E-state index contributed by atoms with van der Waals surface area (Å²) in [7, 11) is 3.42. The van der Waals surface area contributed by atoms with E-state index in [2.05, 4.69) is 15.1 Å². The quantitative estimate of drug-likeness (QED) is 0.631. The number of nitrogens with zero attached hydrogens (tertiary/aromatic N) is 6. The number of benzene rings is 1. The topological polar surface area (TPSA) is 84.2 Å². The van der Waals surface area contributed by atoms with Crippen molar-refractivity contribution in [2.24, 2.45) is 7.05 Å². The Labute approximate surface area is 179 Å². The number of carbonyl (C=O) groups excluding carboxylic acids is 2.